The molecule has 2 aromatic rings. The Morgan fingerprint density at radius 2 is 1.74 bits per heavy atom. The summed E-state index contributed by atoms with van der Waals surface area (Å²) in [4.78, 5) is 41.8. The lowest BCUT2D eigenvalue weighted by atomic mass is 10.0. The SMILES string of the molecule is CN1CC(=O)N(c2ccc(-c3cccc(N4CCC(=O)NC4=O)c3Cl)cc2)CC12CC2. The van der Waals surface area contributed by atoms with Crippen molar-refractivity contribution in [3.63, 3.8) is 0 Å². The maximum Gasteiger partial charge on any atom is 0.328 e. The number of anilines is 2. The summed E-state index contributed by atoms with van der Waals surface area (Å²) < 4.78 is 0. The number of carbonyl (C=O) groups is 3. The molecule has 4 amide bonds. The van der Waals surface area contributed by atoms with Gasteiger partial charge in [-0.05, 0) is 43.7 Å². The van der Waals surface area contributed by atoms with Gasteiger partial charge in [-0.2, -0.15) is 0 Å². The first-order valence-corrected chi connectivity index (χ1v) is 10.8. The van der Waals surface area contributed by atoms with Crippen LogP contribution in [0.15, 0.2) is 42.5 Å². The summed E-state index contributed by atoms with van der Waals surface area (Å²) in [5.74, 6) is -0.172. The molecule has 160 valence electrons. The molecule has 1 aliphatic carbocycles. The van der Waals surface area contributed by atoms with E-state index in [4.69, 9.17) is 11.6 Å². The second-order valence-corrected chi connectivity index (χ2v) is 8.88. The van der Waals surface area contributed by atoms with Gasteiger partial charge >= 0.3 is 6.03 Å². The Hall–Kier alpha value is -2.90. The van der Waals surface area contributed by atoms with Crippen molar-refractivity contribution in [2.24, 2.45) is 0 Å². The molecule has 3 fully saturated rings. The summed E-state index contributed by atoms with van der Waals surface area (Å²) >= 11 is 6.68. The average Bonchev–Trinajstić information content (AvgIpc) is 3.53. The number of hydrogen-bond acceptors (Lipinski definition) is 4. The summed E-state index contributed by atoms with van der Waals surface area (Å²) in [6, 6.07) is 12.8. The van der Waals surface area contributed by atoms with Gasteiger partial charge in [-0.15, -0.1) is 0 Å². The molecule has 1 N–H and O–H groups in total. The lowest BCUT2D eigenvalue weighted by Crippen LogP contribution is -2.56. The number of nitrogens with zero attached hydrogens (tertiary/aromatic N) is 3. The molecular formula is C23H23ClN4O3. The summed E-state index contributed by atoms with van der Waals surface area (Å²) in [5.41, 5.74) is 3.28. The molecule has 0 radical (unpaired) electrons. The second kappa shape index (κ2) is 7.35. The van der Waals surface area contributed by atoms with Crippen LogP contribution in [0, 0.1) is 0 Å². The van der Waals surface area contributed by atoms with E-state index in [0.717, 1.165) is 36.2 Å². The Balaban J connectivity index is 1.41. The highest BCUT2D eigenvalue weighted by molar-refractivity contribution is 6.36. The van der Waals surface area contributed by atoms with Crippen LogP contribution in [0.5, 0.6) is 0 Å². The molecule has 31 heavy (non-hydrogen) atoms. The first-order valence-electron chi connectivity index (χ1n) is 10.4. The summed E-state index contributed by atoms with van der Waals surface area (Å²) in [6.07, 6.45) is 2.49. The van der Waals surface area contributed by atoms with Gasteiger partial charge in [-0.25, -0.2) is 4.79 Å². The summed E-state index contributed by atoms with van der Waals surface area (Å²) in [6.45, 7) is 1.46. The smallest absolute Gasteiger partial charge is 0.309 e. The van der Waals surface area contributed by atoms with E-state index >= 15 is 0 Å². The van der Waals surface area contributed by atoms with E-state index in [9.17, 15) is 14.4 Å². The number of carbonyl (C=O) groups excluding carboxylic acids is 3. The minimum atomic E-state index is -0.465. The molecule has 2 aromatic carbocycles. The van der Waals surface area contributed by atoms with Crippen molar-refractivity contribution in [2.45, 2.75) is 24.8 Å². The third kappa shape index (κ3) is 3.47. The number of benzene rings is 2. The standard InChI is InChI=1S/C23H23ClN4O3/c1-26-13-20(30)28(14-23(26)10-11-23)16-7-5-15(6-8-16)17-3-2-4-18(21(17)24)27-12-9-19(29)25-22(27)31/h2-8H,9-14H2,1H3,(H,25,29,31). The van der Waals surface area contributed by atoms with E-state index in [1.807, 2.05) is 48.3 Å². The Bertz CT molecular complexity index is 1080. The fraction of sp³-hybridized carbons (Fsp3) is 0.348. The highest BCUT2D eigenvalue weighted by Gasteiger charge is 2.51. The highest BCUT2D eigenvalue weighted by Crippen LogP contribution is 2.44. The van der Waals surface area contributed by atoms with E-state index < -0.39 is 6.03 Å². The number of halogens is 1. The van der Waals surface area contributed by atoms with E-state index in [2.05, 4.69) is 10.2 Å². The van der Waals surface area contributed by atoms with Gasteiger partial charge in [0.05, 0.1) is 17.3 Å². The minimum Gasteiger partial charge on any atom is -0.309 e. The number of urea groups is 1. The Morgan fingerprint density at radius 3 is 2.42 bits per heavy atom. The van der Waals surface area contributed by atoms with Crippen molar-refractivity contribution < 1.29 is 14.4 Å². The van der Waals surface area contributed by atoms with Crippen LogP contribution in [-0.2, 0) is 9.59 Å². The van der Waals surface area contributed by atoms with Gasteiger partial charge < -0.3 is 4.90 Å². The zero-order chi connectivity index (χ0) is 21.8. The van der Waals surface area contributed by atoms with Crippen LogP contribution in [-0.4, -0.2) is 55.0 Å². The molecule has 0 unspecified atom stereocenters. The van der Waals surface area contributed by atoms with Crippen molar-refractivity contribution in [3.05, 3.63) is 47.5 Å². The van der Waals surface area contributed by atoms with Gasteiger partial charge in [-0.3, -0.25) is 24.7 Å². The Morgan fingerprint density at radius 1 is 1.00 bits per heavy atom. The van der Waals surface area contributed by atoms with Crippen LogP contribution in [0.3, 0.4) is 0 Å². The topological polar surface area (TPSA) is 73.0 Å². The molecular weight excluding hydrogens is 416 g/mol. The average molecular weight is 439 g/mol. The lowest BCUT2D eigenvalue weighted by molar-refractivity contribution is -0.122. The molecule has 1 saturated carbocycles. The highest BCUT2D eigenvalue weighted by atomic mass is 35.5. The number of hydrogen-bond donors (Lipinski definition) is 1. The number of piperazine rings is 1. The molecule has 8 heteroatoms. The molecule has 2 heterocycles. The van der Waals surface area contributed by atoms with Crippen LogP contribution in [0.2, 0.25) is 5.02 Å². The maximum atomic E-state index is 12.6. The van der Waals surface area contributed by atoms with E-state index in [1.165, 1.54) is 4.90 Å². The van der Waals surface area contributed by atoms with Crippen molar-refractivity contribution in [3.8, 4) is 11.1 Å². The van der Waals surface area contributed by atoms with Crippen molar-refractivity contribution in [2.75, 3.05) is 36.5 Å². The van der Waals surface area contributed by atoms with Crippen molar-refractivity contribution in [1.29, 1.82) is 0 Å². The molecule has 0 atom stereocenters. The zero-order valence-electron chi connectivity index (χ0n) is 17.2. The molecule has 0 bridgehead atoms. The van der Waals surface area contributed by atoms with E-state index in [1.54, 1.807) is 6.07 Å². The number of rotatable bonds is 3. The maximum absolute atomic E-state index is 12.6. The molecule has 7 nitrogen and oxygen atoms in total. The molecule has 1 spiro atoms. The number of likely N-dealkylation sites (N-methyl/N-ethyl adjacent to an activating group) is 1. The fourth-order valence-electron chi connectivity index (χ4n) is 4.44. The quantitative estimate of drug-likeness (QED) is 0.798. The van der Waals surface area contributed by atoms with E-state index in [-0.39, 0.29) is 23.8 Å². The van der Waals surface area contributed by atoms with Gasteiger partial charge in [0.25, 0.3) is 0 Å². The Kier molecular flexibility index (Phi) is 4.75. The molecule has 2 aliphatic heterocycles. The third-order valence-electron chi connectivity index (χ3n) is 6.58. The fourth-order valence-corrected chi connectivity index (χ4v) is 4.78. The first-order chi connectivity index (χ1) is 14.9. The number of imide groups is 1. The van der Waals surface area contributed by atoms with Crippen molar-refractivity contribution >= 4 is 40.8 Å². The molecule has 5 rings (SSSR count). The largest absolute Gasteiger partial charge is 0.328 e. The predicted molar refractivity (Wildman–Crippen MR) is 119 cm³/mol. The van der Waals surface area contributed by atoms with Crippen LogP contribution in [0.4, 0.5) is 16.2 Å². The van der Waals surface area contributed by atoms with Gasteiger partial charge in [0.15, 0.2) is 0 Å². The Labute approximate surface area is 185 Å². The first kappa shape index (κ1) is 20.0. The minimum absolute atomic E-state index is 0.110. The summed E-state index contributed by atoms with van der Waals surface area (Å²) in [7, 11) is 2.03. The molecule has 2 saturated heterocycles. The van der Waals surface area contributed by atoms with Gasteiger partial charge in [0.1, 0.15) is 0 Å². The molecule has 0 aromatic heterocycles. The normalized spacial score (nSPS) is 20.9. The van der Waals surface area contributed by atoms with E-state index in [0.29, 0.717) is 23.8 Å². The monoisotopic (exact) mass is 438 g/mol. The lowest BCUT2D eigenvalue weighted by Gasteiger charge is -2.39. The summed E-state index contributed by atoms with van der Waals surface area (Å²) in [5, 5.41) is 2.78. The van der Waals surface area contributed by atoms with Crippen LogP contribution in [0.1, 0.15) is 19.3 Å². The van der Waals surface area contributed by atoms with Crippen LogP contribution in [0.25, 0.3) is 11.1 Å². The molecule has 3 aliphatic rings. The van der Waals surface area contributed by atoms with Gasteiger partial charge in [0, 0.05) is 36.3 Å². The number of amides is 4. The van der Waals surface area contributed by atoms with Gasteiger partial charge in [0.2, 0.25) is 11.8 Å². The van der Waals surface area contributed by atoms with Crippen LogP contribution >= 0.6 is 11.6 Å². The van der Waals surface area contributed by atoms with Gasteiger partial charge in [-0.1, -0.05) is 35.9 Å². The predicted octanol–water partition coefficient (Wildman–Crippen LogP) is 3.26. The number of nitrogens with one attached hydrogen (secondary N) is 1. The zero-order valence-corrected chi connectivity index (χ0v) is 18.0. The second-order valence-electron chi connectivity index (χ2n) is 8.50. The van der Waals surface area contributed by atoms with Crippen molar-refractivity contribution in [1.82, 2.24) is 10.2 Å². The third-order valence-corrected chi connectivity index (χ3v) is 6.97. The van der Waals surface area contributed by atoms with Crippen LogP contribution < -0.4 is 15.1 Å².